The first-order chi connectivity index (χ1) is 27.5. The maximum atomic E-state index is 15.6. The van der Waals surface area contributed by atoms with Crippen molar-refractivity contribution in [1.82, 2.24) is 29.9 Å². The van der Waals surface area contributed by atoms with Gasteiger partial charge in [0.1, 0.15) is 46.5 Å². The molecule has 2 aliphatic carbocycles. The quantitative estimate of drug-likeness (QED) is 0.0673. The summed E-state index contributed by atoms with van der Waals surface area (Å²) in [5.74, 6) is -4.30. The predicted octanol–water partition coefficient (Wildman–Crippen LogP) is 7.01. The molecule has 11 nitrogen and oxygen atoms in total. The fourth-order valence-electron chi connectivity index (χ4n) is 7.44. The number of pyridine rings is 1. The van der Waals surface area contributed by atoms with Crippen LogP contribution in [0.25, 0.3) is 22.0 Å². The molecule has 7 rings (SSSR count). The summed E-state index contributed by atoms with van der Waals surface area (Å²) >= 11 is 6.66. The lowest BCUT2D eigenvalue weighted by Gasteiger charge is -2.23. The number of amides is 2. The van der Waals surface area contributed by atoms with Crippen molar-refractivity contribution in [3.63, 3.8) is 0 Å². The van der Waals surface area contributed by atoms with Gasteiger partial charge in [0, 0.05) is 35.7 Å². The summed E-state index contributed by atoms with van der Waals surface area (Å²) < 4.78 is 90.6. The van der Waals surface area contributed by atoms with Crippen LogP contribution in [0.5, 0.6) is 0 Å². The lowest BCUT2D eigenvalue weighted by molar-refractivity contribution is -0.130. The summed E-state index contributed by atoms with van der Waals surface area (Å²) in [7, 11) is 1.55. The molecule has 0 radical (unpaired) electrons. The molecule has 3 atom stereocenters. The van der Waals surface area contributed by atoms with Gasteiger partial charge in [0.05, 0.1) is 33.6 Å². The maximum Gasteiger partial charge on any atom is 0.297 e. The number of carbonyl (C=O) groups excluding carboxylic acids is 2. The average Bonchev–Trinajstić information content (AvgIpc) is 3.35. The van der Waals surface area contributed by atoms with Crippen molar-refractivity contribution in [3.8, 4) is 23.0 Å². The molecular formula is C41H36ClF6N7O4. The third-order valence-electron chi connectivity index (χ3n) is 10.0. The lowest BCUT2D eigenvalue weighted by Crippen LogP contribution is -2.36. The van der Waals surface area contributed by atoms with Crippen LogP contribution in [-0.4, -0.2) is 57.8 Å². The van der Waals surface area contributed by atoms with Gasteiger partial charge in [0.2, 0.25) is 5.91 Å². The Balaban J connectivity index is 1.38. The van der Waals surface area contributed by atoms with Gasteiger partial charge in [-0.25, -0.2) is 22.5 Å². The Morgan fingerprint density at radius 3 is 2.31 bits per heavy atom. The minimum absolute atomic E-state index is 0.00308. The number of allylic oxidation sites excluding steroid dienone is 1. The van der Waals surface area contributed by atoms with Gasteiger partial charge in [-0.1, -0.05) is 35.7 Å². The molecule has 0 bridgehead atoms. The molecule has 0 spiro atoms. The predicted molar refractivity (Wildman–Crippen MR) is 204 cm³/mol. The maximum absolute atomic E-state index is 15.6. The number of nitrogens with zero attached hydrogens (tertiary/aromatic N) is 5. The third kappa shape index (κ3) is 7.79. The molecule has 3 heterocycles. The minimum Gasteiger partial charge on any atom is -0.381 e. The topological polar surface area (TPSA) is 147 Å². The first-order valence-electron chi connectivity index (χ1n) is 18.1. The number of aryl methyl sites for hydroxylation is 1. The first-order valence-corrected chi connectivity index (χ1v) is 18.5. The number of fused-ring (bicyclic) bond motifs is 4. The zero-order chi connectivity index (χ0) is 43.1. The van der Waals surface area contributed by atoms with E-state index >= 15 is 8.78 Å². The number of anilines is 1. The second-order valence-corrected chi connectivity index (χ2v) is 16.0. The van der Waals surface area contributed by atoms with Crippen LogP contribution in [0.15, 0.2) is 54.6 Å². The molecule has 1 saturated carbocycles. The van der Waals surface area contributed by atoms with Crippen molar-refractivity contribution in [1.29, 1.82) is 0 Å². The van der Waals surface area contributed by atoms with E-state index in [0.717, 1.165) is 12.1 Å². The number of rotatable bonds is 10. The van der Waals surface area contributed by atoms with Crippen molar-refractivity contribution in [2.24, 2.45) is 13.0 Å². The van der Waals surface area contributed by atoms with Gasteiger partial charge in [-0.05, 0) is 75.9 Å². The van der Waals surface area contributed by atoms with E-state index in [1.54, 1.807) is 19.2 Å². The second kappa shape index (κ2) is 14.5. The van der Waals surface area contributed by atoms with Crippen LogP contribution >= 0.6 is 11.6 Å². The van der Waals surface area contributed by atoms with Crippen molar-refractivity contribution < 1.29 is 46.1 Å². The fraction of sp³-hybridized carbons (Fsp3) is 0.341. The van der Waals surface area contributed by atoms with Gasteiger partial charge in [0.25, 0.3) is 18.3 Å². The molecular weight excluding hydrogens is 804 g/mol. The molecule has 3 aromatic heterocycles. The molecule has 18 heteroatoms. The largest absolute Gasteiger partial charge is 0.381 e. The Hall–Kier alpha value is -5.70. The molecule has 4 N–H and O–H groups in total. The molecule has 308 valence electrons. The number of hydrogen-bond acceptors (Lipinski definition) is 7. The van der Waals surface area contributed by atoms with Crippen LogP contribution in [0.2, 0.25) is 5.02 Å². The molecule has 3 unspecified atom stereocenters. The van der Waals surface area contributed by atoms with Gasteiger partial charge in [-0.2, -0.15) is 19.0 Å². The summed E-state index contributed by atoms with van der Waals surface area (Å²) in [4.78, 5) is 31.5. The van der Waals surface area contributed by atoms with E-state index in [2.05, 4.69) is 39.3 Å². The summed E-state index contributed by atoms with van der Waals surface area (Å²) in [6, 6.07) is 7.53. The van der Waals surface area contributed by atoms with E-state index in [9.17, 15) is 37.4 Å². The van der Waals surface area contributed by atoms with E-state index in [4.69, 9.17) is 16.6 Å². The van der Waals surface area contributed by atoms with Gasteiger partial charge in [-0.3, -0.25) is 19.0 Å². The highest BCUT2D eigenvalue weighted by Crippen LogP contribution is 2.71. The summed E-state index contributed by atoms with van der Waals surface area (Å²) in [5, 5.41) is 34.5. The van der Waals surface area contributed by atoms with Crippen LogP contribution in [0, 0.1) is 29.4 Å². The van der Waals surface area contributed by atoms with E-state index in [1.807, 2.05) is 0 Å². The number of benzene rings is 2. The van der Waals surface area contributed by atoms with Crippen LogP contribution < -0.4 is 10.6 Å². The number of alkyl halides is 4. The summed E-state index contributed by atoms with van der Waals surface area (Å²) in [6.07, 6.45) is -3.57. The van der Waals surface area contributed by atoms with Crippen molar-refractivity contribution >= 4 is 40.1 Å². The number of aliphatic hydroxyl groups is 2. The lowest BCUT2D eigenvalue weighted by atomic mass is 9.93. The number of halogens is 7. The van der Waals surface area contributed by atoms with Gasteiger partial charge in [0.15, 0.2) is 5.82 Å². The highest BCUT2D eigenvalue weighted by molar-refractivity contribution is 6.37. The van der Waals surface area contributed by atoms with Gasteiger partial charge >= 0.3 is 0 Å². The zero-order valence-corrected chi connectivity index (χ0v) is 32.8. The molecule has 2 amide bonds. The standard InChI is InChI=1S/C41H36ClF6N7O4/c1-18-28-30-33(36(45)46)52-55(35(30)41(47,48)31(18)28)17-27(56)50-26(15-19-13-20(43)16-21(44)14-19)32-23(8-7-22(49-32)11-12-39(2,3)58)24-9-10-25(42)29-34(24)54(6)53-37(29)51-38(57)40(4,5)59/h7-10,13-14,16,26,28,31,36,58-59H,1,15,17H2,2-6H3,(H,50,56)(H,51,53,57). The summed E-state index contributed by atoms with van der Waals surface area (Å²) in [5.41, 5.74) is -4.11. The molecule has 59 heavy (non-hydrogen) atoms. The minimum atomic E-state index is -3.63. The van der Waals surface area contributed by atoms with Crippen LogP contribution in [-0.2, 0) is 35.5 Å². The van der Waals surface area contributed by atoms with E-state index in [0.29, 0.717) is 21.8 Å². The third-order valence-corrected chi connectivity index (χ3v) is 10.3. The monoisotopic (exact) mass is 839 g/mol. The fourth-order valence-corrected chi connectivity index (χ4v) is 7.68. The second-order valence-electron chi connectivity index (χ2n) is 15.6. The van der Waals surface area contributed by atoms with Crippen molar-refractivity contribution in [2.45, 2.75) is 76.2 Å². The molecule has 0 aliphatic heterocycles. The Bertz CT molecular complexity index is 2630. The summed E-state index contributed by atoms with van der Waals surface area (Å²) in [6.45, 7) is 8.08. The molecule has 2 aromatic carbocycles. The zero-order valence-electron chi connectivity index (χ0n) is 32.1. The highest BCUT2D eigenvalue weighted by Gasteiger charge is 2.70. The number of aromatic nitrogens is 5. The van der Waals surface area contributed by atoms with Crippen LogP contribution in [0.3, 0.4) is 0 Å². The van der Waals surface area contributed by atoms with Crippen LogP contribution in [0.1, 0.15) is 80.0 Å². The first kappa shape index (κ1) is 41.5. The Labute approximate surface area is 338 Å². The normalized spacial score (nSPS) is 17.4. The highest BCUT2D eigenvalue weighted by atomic mass is 35.5. The Morgan fingerprint density at radius 1 is 1.02 bits per heavy atom. The van der Waals surface area contributed by atoms with E-state index in [1.165, 1.54) is 44.5 Å². The molecule has 2 aliphatic rings. The number of carbonyl (C=O) groups is 2. The van der Waals surface area contributed by atoms with Crippen molar-refractivity contribution in [3.05, 3.63) is 105 Å². The molecule has 5 aromatic rings. The molecule has 1 fully saturated rings. The number of hydrogen-bond donors (Lipinski definition) is 4. The van der Waals surface area contributed by atoms with Crippen molar-refractivity contribution in [2.75, 3.05) is 5.32 Å². The van der Waals surface area contributed by atoms with Gasteiger partial charge < -0.3 is 20.8 Å². The van der Waals surface area contributed by atoms with E-state index < -0.39 is 82.8 Å². The van der Waals surface area contributed by atoms with Crippen LogP contribution in [0.4, 0.5) is 32.2 Å². The van der Waals surface area contributed by atoms with E-state index in [-0.39, 0.29) is 56.3 Å². The average molecular weight is 840 g/mol. The Kier molecular flexibility index (Phi) is 10.2. The number of nitrogens with one attached hydrogen (secondary N) is 2. The van der Waals surface area contributed by atoms with Gasteiger partial charge in [-0.15, -0.1) is 0 Å². The Morgan fingerprint density at radius 2 is 1.68 bits per heavy atom. The SMILES string of the molecule is C=C1C2c3c(C(F)F)nn(CC(=O)NC(Cc4cc(F)cc(F)c4)c4nc(C#CC(C)(C)O)ccc4-c4ccc(Cl)c5c(NC(=O)C(C)(C)O)nn(C)c45)c3C(F)(F)C12. The molecule has 0 saturated heterocycles. The smallest absolute Gasteiger partial charge is 0.297 e.